The third-order valence-electron chi connectivity index (χ3n) is 3.63. The molecule has 2 aromatic carbocycles. The number of nitrogens with one attached hydrogen (secondary N) is 1. The summed E-state index contributed by atoms with van der Waals surface area (Å²) in [7, 11) is 1.82. The summed E-state index contributed by atoms with van der Waals surface area (Å²) in [5.74, 6) is -0.508. The maximum absolute atomic E-state index is 13.0. The Labute approximate surface area is 145 Å². The van der Waals surface area contributed by atoms with Crippen LogP contribution in [0.15, 0.2) is 42.5 Å². The summed E-state index contributed by atoms with van der Waals surface area (Å²) in [4.78, 5) is 14.0. The molecule has 23 heavy (non-hydrogen) atoms. The number of benzene rings is 2. The summed E-state index contributed by atoms with van der Waals surface area (Å²) < 4.78 is 13.0. The van der Waals surface area contributed by atoms with Crippen molar-refractivity contribution in [1.82, 2.24) is 4.90 Å². The molecule has 0 bridgehead atoms. The van der Waals surface area contributed by atoms with E-state index in [2.05, 4.69) is 5.32 Å². The highest BCUT2D eigenvalue weighted by molar-refractivity contribution is 6.39. The Hall–Kier alpha value is -1.62. The molecule has 0 fully saturated rings. The first-order valence-corrected chi connectivity index (χ1v) is 7.83. The van der Waals surface area contributed by atoms with Crippen LogP contribution in [0.4, 0.5) is 10.1 Å². The number of para-hydroxylation sites is 1. The van der Waals surface area contributed by atoms with Crippen LogP contribution >= 0.6 is 23.2 Å². The third kappa shape index (κ3) is 4.67. The van der Waals surface area contributed by atoms with Gasteiger partial charge in [-0.3, -0.25) is 9.69 Å². The average Bonchev–Trinajstić information content (AvgIpc) is 2.51. The number of nitrogens with zero attached hydrogens (tertiary/aromatic N) is 1. The van der Waals surface area contributed by atoms with Crippen molar-refractivity contribution in [3.63, 3.8) is 0 Å². The Morgan fingerprint density at radius 2 is 1.74 bits per heavy atom. The number of hydrogen-bond donors (Lipinski definition) is 1. The Bertz CT molecular complexity index is 671. The van der Waals surface area contributed by atoms with Crippen LogP contribution in [-0.4, -0.2) is 24.4 Å². The van der Waals surface area contributed by atoms with Crippen molar-refractivity contribution in [2.24, 2.45) is 0 Å². The molecule has 1 atom stereocenters. The second kappa shape index (κ2) is 7.77. The summed E-state index contributed by atoms with van der Waals surface area (Å²) in [5, 5.41) is 3.50. The molecule has 0 aliphatic rings. The predicted molar refractivity (Wildman–Crippen MR) is 92.5 cm³/mol. The number of anilines is 1. The first-order chi connectivity index (χ1) is 10.9. The minimum atomic E-state index is -0.283. The normalized spacial score (nSPS) is 12.3. The molecule has 122 valence electrons. The number of carbonyl (C=O) groups excluding carboxylic acids is 1. The Balaban J connectivity index is 2.00. The summed E-state index contributed by atoms with van der Waals surface area (Å²) in [6, 6.07) is 11.2. The van der Waals surface area contributed by atoms with Gasteiger partial charge in [0.2, 0.25) is 5.91 Å². The molecule has 6 heteroatoms. The lowest BCUT2D eigenvalue weighted by molar-refractivity contribution is -0.117. The van der Waals surface area contributed by atoms with Gasteiger partial charge in [0.05, 0.1) is 22.3 Å². The minimum Gasteiger partial charge on any atom is -0.322 e. The highest BCUT2D eigenvalue weighted by atomic mass is 35.5. The van der Waals surface area contributed by atoms with E-state index in [1.54, 1.807) is 30.3 Å². The molecule has 1 amide bonds. The van der Waals surface area contributed by atoms with E-state index in [0.29, 0.717) is 15.7 Å². The molecule has 2 aromatic rings. The first kappa shape index (κ1) is 17.7. The maximum atomic E-state index is 13.0. The number of amides is 1. The molecule has 1 unspecified atom stereocenters. The second-order valence-electron chi connectivity index (χ2n) is 5.29. The van der Waals surface area contributed by atoms with Crippen molar-refractivity contribution in [3.05, 3.63) is 63.9 Å². The van der Waals surface area contributed by atoms with Crippen LogP contribution in [-0.2, 0) is 4.79 Å². The zero-order chi connectivity index (χ0) is 17.0. The number of hydrogen-bond acceptors (Lipinski definition) is 2. The van der Waals surface area contributed by atoms with E-state index in [0.717, 1.165) is 5.56 Å². The van der Waals surface area contributed by atoms with Gasteiger partial charge in [-0.05, 0) is 43.8 Å². The molecule has 0 saturated heterocycles. The third-order valence-corrected chi connectivity index (χ3v) is 4.26. The molecule has 3 nitrogen and oxygen atoms in total. The zero-order valence-corrected chi connectivity index (χ0v) is 14.3. The zero-order valence-electron chi connectivity index (χ0n) is 12.8. The highest BCUT2D eigenvalue weighted by Gasteiger charge is 2.16. The van der Waals surface area contributed by atoms with Crippen LogP contribution in [0.5, 0.6) is 0 Å². The lowest BCUT2D eigenvalue weighted by Gasteiger charge is -2.24. The fraction of sp³-hybridized carbons (Fsp3) is 0.235. The van der Waals surface area contributed by atoms with E-state index in [1.165, 1.54) is 12.1 Å². The smallest absolute Gasteiger partial charge is 0.238 e. The number of likely N-dealkylation sites (N-methyl/N-ethyl adjacent to an activating group) is 1. The molecular formula is C17H17Cl2FN2O. The van der Waals surface area contributed by atoms with Crippen LogP contribution in [0.3, 0.4) is 0 Å². The van der Waals surface area contributed by atoms with Gasteiger partial charge in [-0.15, -0.1) is 0 Å². The summed E-state index contributed by atoms with van der Waals surface area (Å²) >= 11 is 12.1. The van der Waals surface area contributed by atoms with Crippen LogP contribution in [0, 0.1) is 5.82 Å². The fourth-order valence-electron chi connectivity index (χ4n) is 2.16. The molecule has 2 rings (SSSR count). The monoisotopic (exact) mass is 354 g/mol. The maximum Gasteiger partial charge on any atom is 0.238 e. The highest BCUT2D eigenvalue weighted by Crippen LogP contribution is 2.29. The lowest BCUT2D eigenvalue weighted by atomic mass is 10.1. The molecule has 1 N–H and O–H groups in total. The van der Waals surface area contributed by atoms with Crippen molar-refractivity contribution in [2.45, 2.75) is 13.0 Å². The van der Waals surface area contributed by atoms with Gasteiger partial charge in [0, 0.05) is 6.04 Å². The minimum absolute atomic E-state index is 0.0388. The van der Waals surface area contributed by atoms with Gasteiger partial charge in [0.1, 0.15) is 5.82 Å². The van der Waals surface area contributed by atoms with Gasteiger partial charge in [0.15, 0.2) is 0 Å². The molecule has 0 aliphatic carbocycles. The van der Waals surface area contributed by atoms with Crippen molar-refractivity contribution in [2.75, 3.05) is 18.9 Å². The predicted octanol–water partition coefficient (Wildman–Crippen LogP) is 4.76. The molecule has 0 heterocycles. The molecule has 0 aromatic heterocycles. The van der Waals surface area contributed by atoms with Gasteiger partial charge < -0.3 is 5.32 Å². The van der Waals surface area contributed by atoms with Gasteiger partial charge in [-0.2, -0.15) is 0 Å². The van der Waals surface area contributed by atoms with Crippen LogP contribution in [0.1, 0.15) is 18.5 Å². The van der Waals surface area contributed by atoms with Crippen molar-refractivity contribution in [1.29, 1.82) is 0 Å². The molecule has 0 aliphatic heterocycles. The van der Waals surface area contributed by atoms with E-state index in [4.69, 9.17) is 23.2 Å². The largest absolute Gasteiger partial charge is 0.322 e. The Morgan fingerprint density at radius 1 is 1.17 bits per heavy atom. The average molecular weight is 355 g/mol. The first-order valence-electron chi connectivity index (χ1n) is 7.08. The van der Waals surface area contributed by atoms with E-state index in [-0.39, 0.29) is 24.3 Å². The standard InChI is InChI=1S/C17H17Cl2FN2O/c1-11(12-6-8-13(20)9-7-12)22(2)10-16(23)21-17-14(18)4-3-5-15(17)19/h3-9,11H,10H2,1-2H3,(H,21,23). The van der Waals surface area contributed by atoms with E-state index in [1.807, 2.05) is 18.9 Å². The number of rotatable bonds is 5. The summed E-state index contributed by atoms with van der Waals surface area (Å²) in [6.07, 6.45) is 0. The van der Waals surface area contributed by atoms with E-state index >= 15 is 0 Å². The summed E-state index contributed by atoms with van der Waals surface area (Å²) in [6.45, 7) is 2.10. The van der Waals surface area contributed by atoms with E-state index < -0.39 is 0 Å². The fourth-order valence-corrected chi connectivity index (χ4v) is 2.65. The lowest BCUT2D eigenvalue weighted by Crippen LogP contribution is -2.32. The van der Waals surface area contributed by atoms with E-state index in [9.17, 15) is 9.18 Å². The van der Waals surface area contributed by atoms with Crippen molar-refractivity contribution >= 4 is 34.8 Å². The quantitative estimate of drug-likeness (QED) is 0.838. The Morgan fingerprint density at radius 3 is 2.30 bits per heavy atom. The van der Waals surface area contributed by atoms with Crippen LogP contribution in [0.2, 0.25) is 10.0 Å². The van der Waals surface area contributed by atoms with Gasteiger partial charge in [-0.1, -0.05) is 41.4 Å². The number of halogens is 3. The topological polar surface area (TPSA) is 32.3 Å². The SMILES string of the molecule is CC(c1ccc(F)cc1)N(C)CC(=O)Nc1c(Cl)cccc1Cl. The van der Waals surface area contributed by atoms with Gasteiger partial charge in [0.25, 0.3) is 0 Å². The Kier molecular flexibility index (Phi) is 5.99. The van der Waals surface area contributed by atoms with Crippen molar-refractivity contribution < 1.29 is 9.18 Å². The van der Waals surface area contributed by atoms with Gasteiger partial charge in [-0.25, -0.2) is 4.39 Å². The second-order valence-corrected chi connectivity index (χ2v) is 6.10. The molecule has 0 spiro atoms. The van der Waals surface area contributed by atoms with Crippen LogP contribution < -0.4 is 5.32 Å². The van der Waals surface area contributed by atoms with Gasteiger partial charge >= 0.3 is 0 Å². The molecule has 0 saturated carbocycles. The van der Waals surface area contributed by atoms with Crippen molar-refractivity contribution in [3.8, 4) is 0 Å². The number of carbonyl (C=O) groups is 1. The summed E-state index contributed by atoms with van der Waals surface area (Å²) in [5.41, 5.74) is 1.33. The molecule has 0 radical (unpaired) electrons. The molecular weight excluding hydrogens is 338 g/mol. The van der Waals surface area contributed by atoms with Crippen LogP contribution in [0.25, 0.3) is 0 Å².